The number of aliphatic carboxylic acids is 1. The summed E-state index contributed by atoms with van der Waals surface area (Å²) < 4.78 is 0. The average Bonchev–Trinajstić information content (AvgIpc) is 2.65. The molecule has 0 spiro atoms. The average molecular weight is 245 g/mol. The molecule has 0 saturated heterocycles. The molecule has 1 aliphatic carbocycles. The van der Waals surface area contributed by atoms with Gasteiger partial charge in [-0.3, -0.25) is 9.59 Å². The van der Waals surface area contributed by atoms with Gasteiger partial charge >= 0.3 is 5.97 Å². The third-order valence-corrected chi connectivity index (χ3v) is 3.81. The van der Waals surface area contributed by atoms with Crippen LogP contribution in [0.15, 0.2) is 0 Å². The molecule has 4 nitrogen and oxygen atoms in total. The quantitative estimate of drug-likeness (QED) is 0.767. The number of carbonyl (C=O) groups is 2. The summed E-state index contributed by atoms with van der Waals surface area (Å²) in [6.07, 6.45) is 4.16. The molecular formula is C11H19NO3S. The lowest BCUT2D eigenvalue weighted by atomic mass is 9.95. The Hall–Kier alpha value is -0.710. The third-order valence-electron chi connectivity index (χ3n) is 2.98. The Morgan fingerprint density at radius 2 is 2.06 bits per heavy atom. The number of nitrogens with one attached hydrogen (secondary N) is 1. The second kappa shape index (κ2) is 6.13. The number of carbonyl (C=O) groups excluding carboxylic acids is 1. The highest BCUT2D eigenvalue weighted by atomic mass is 32.2. The van der Waals surface area contributed by atoms with Crippen LogP contribution >= 0.6 is 11.8 Å². The highest BCUT2D eigenvalue weighted by Gasteiger charge is 2.37. The van der Waals surface area contributed by atoms with Crippen molar-refractivity contribution in [3.8, 4) is 0 Å². The number of carboxylic acids is 1. The van der Waals surface area contributed by atoms with Gasteiger partial charge in [0.15, 0.2) is 0 Å². The maximum atomic E-state index is 11.9. The highest BCUT2D eigenvalue weighted by Crippen LogP contribution is 2.32. The van der Waals surface area contributed by atoms with E-state index in [1.54, 1.807) is 11.8 Å². The Morgan fingerprint density at radius 1 is 1.44 bits per heavy atom. The van der Waals surface area contributed by atoms with Gasteiger partial charge in [0.1, 0.15) is 0 Å². The zero-order chi connectivity index (χ0) is 12.1. The fraction of sp³-hybridized carbons (Fsp3) is 0.818. The topological polar surface area (TPSA) is 66.4 Å². The maximum Gasteiger partial charge on any atom is 0.307 e. The van der Waals surface area contributed by atoms with E-state index < -0.39 is 11.9 Å². The fourth-order valence-corrected chi connectivity index (χ4v) is 2.79. The van der Waals surface area contributed by atoms with Gasteiger partial charge in [-0.15, -0.1) is 0 Å². The number of thioether (sulfide) groups is 1. The molecule has 1 aliphatic rings. The van der Waals surface area contributed by atoms with Crippen LogP contribution in [-0.4, -0.2) is 35.0 Å². The number of carboxylic acid groups (broad SMARTS) is 1. The maximum absolute atomic E-state index is 11.9. The minimum Gasteiger partial charge on any atom is -0.481 e. The predicted octanol–water partition coefficient (Wildman–Crippen LogP) is 1.36. The molecule has 1 fully saturated rings. The Morgan fingerprint density at radius 3 is 2.62 bits per heavy atom. The molecule has 0 aromatic rings. The standard InChI is InChI=1S/C11H19NO3S/c1-7(6-16-2)12-10(13)8-4-3-5-9(8)11(14)15/h7-9H,3-6H2,1-2H3,(H,12,13)(H,14,15). The summed E-state index contributed by atoms with van der Waals surface area (Å²) in [5.74, 6) is -0.888. The molecule has 0 heterocycles. The van der Waals surface area contributed by atoms with Crippen LogP contribution in [0, 0.1) is 11.8 Å². The van der Waals surface area contributed by atoms with Crippen molar-refractivity contribution >= 4 is 23.6 Å². The Bertz CT molecular complexity index is 270. The van der Waals surface area contributed by atoms with Crippen LogP contribution in [0.3, 0.4) is 0 Å². The molecule has 0 bridgehead atoms. The monoisotopic (exact) mass is 245 g/mol. The molecule has 2 N–H and O–H groups in total. The van der Waals surface area contributed by atoms with E-state index >= 15 is 0 Å². The van der Waals surface area contributed by atoms with Gasteiger partial charge in [-0.1, -0.05) is 6.42 Å². The largest absolute Gasteiger partial charge is 0.481 e. The smallest absolute Gasteiger partial charge is 0.307 e. The predicted molar refractivity (Wildman–Crippen MR) is 64.5 cm³/mol. The molecule has 0 aliphatic heterocycles. The van der Waals surface area contributed by atoms with Crippen LogP contribution in [0.25, 0.3) is 0 Å². The normalized spacial score (nSPS) is 26.4. The molecule has 5 heteroatoms. The molecule has 3 atom stereocenters. The lowest BCUT2D eigenvalue weighted by Gasteiger charge is -2.19. The van der Waals surface area contributed by atoms with E-state index in [-0.39, 0.29) is 17.9 Å². The van der Waals surface area contributed by atoms with Gasteiger partial charge < -0.3 is 10.4 Å². The van der Waals surface area contributed by atoms with Crippen LogP contribution < -0.4 is 5.32 Å². The number of amides is 1. The summed E-state index contributed by atoms with van der Waals surface area (Å²) in [7, 11) is 0. The summed E-state index contributed by atoms with van der Waals surface area (Å²) in [6, 6.07) is 0.109. The van der Waals surface area contributed by atoms with Gasteiger partial charge in [0.25, 0.3) is 0 Å². The van der Waals surface area contributed by atoms with Gasteiger partial charge in [0.05, 0.1) is 11.8 Å². The lowest BCUT2D eigenvalue weighted by molar-refractivity contribution is -0.146. The molecule has 1 amide bonds. The van der Waals surface area contributed by atoms with Crippen molar-refractivity contribution < 1.29 is 14.7 Å². The van der Waals surface area contributed by atoms with Gasteiger partial charge in [-0.25, -0.2) is 0 Å². The van der Waals surface area contributed by atoms with Gasteiger partial charge in [0.2, 0.25) is 5.91 Å². The van der Waals surface area contributed by atoms with E-state index in [1.165, 1.54) is 0 Å². The van der Waals surface area contributed by atoms with Gasteiger partial charge in [-0.05, 0) is 26.0 Å². The molecule has 0 aromatic carbocycles. The number of rotatable bonds is 5. The Kier molecular flexibility index (Phi) is 5.12. The fourth-order valence-electron chi connectivity index (χ4n) is 2.21. The lowest BCUT2D eigenvalue weighted by Crippen LogP contribution is -2.41. The molecular weight excluding hydrogens is 226 g/mol. The van der Waals surface area contributed by atoms with Gasteiger partial charge in [0, 0.05) is 11.8 Å². The first-order valence-electron chi connectivity index (χ1n) is 5.58. The molecule has 0 aromatic heterocycles. The van der Waals surface area contributed by atoms with E-state index in [0.29, 0.717) is 12.8 Å². The zero-order valence-corrected chi connectivity index (χ0v) is 10.5. The van der Waals surface area contributed by atoms with Crippen molar-refractivity contribution in [1.29, 1.82) is 0 Å². The van der Waals surface area contributed by atoms with E-state index in [9.17, 15) is 9.59 Å². The van der Waals surface area contributed by atoms with Crippen molar-refractivity contribution in [3.63, 3.8) is 0 Å². The molecule has 1 saturated carbocycles. The van der Waals surface area contributed by atoms with Crippen LogP contribution in [0.4, 0.5) is 0 Å². The molecule has 0 radical (unpaired) electrons. The van der Waals surface area contributed by atoms with E-state index in [0.717, 1.165) is 12.2 Å². The summed E-state index contributed by atoms with van der Waals surface area (Å²) >= 11 is 1.67. The second-order valence-corrected chi connectivity index (χ2v) is 5.26. The van der Waals surface area contributed by atoms with E-state index in [4.69, 9.17) is 5.11 Å². The molecule has 3 unspecified atom stereocenters. The second-order valence-electron chi connectivity index (χ2n) is 4.35. The van der Waals surface area contributed by atoms with Crippen LogP contribution in [0.1, 0.15) is 26.2 Å². The summed E-state index contributed by atoms with van der Waals surface area (Å²) in [5, 5.41) is 11.9. The number of hydrogen-bond donors (Lipinski definition) is 2. The minimum atomic E-state index is -0.838. The van der Waals surface area contributed by atoms with Crippen LogP contribution in [0.5, 0.6) is 0 Å². The summed E-state index contributed by atoms with van der Waals surface area (Å²) in [5.41, 5.74) is 0. The van der Waals surface area contributed by atoms with Crippen LogP contribution in [-0.2, 0) is 9.59 Å². The molecule has 16 heavy (non-hydrogen) atoms. The van der Waals surface area contributed by atoms with Crippen molar-refractivity contribution in [2.24, 2.45) is 11.8 Å². The van der Waals surface area contributed by atoms with Crippen molar-refractivity contribution in [2.75, 3.05) is 12.0 Å². The first kappa shape index (κ1) is 13.4. The highest BCUT2D eigenvalue weighted by molar-refractivity contribution is 7.98. The van der Waals surface area contributed by atoms with Crippen molar-refractivity contribution in [1.82, 2.24) is 5.32 Å². The Balaban J connectivity index is 2.49. The summed E-state index contributed by atoms with van der Waals surface area (Å²) in [6.45, 7) is 1.94. The first-order chi connectivity index (χ1) is 7.56. The van der Waals surface area contributed by atoms with E-state index in [1.807, 2.05) is 13.2 Å². The zero-order valence-electron chi connectivity index (χ0n) is 9.73. The Labute approximate surface area is 100 Å². The SMILES string of the molecule is CSCC(C)NC(=O)C1CCCC1C(=O)O. The third kappa shape index (κ3) is 3.40. The van der Waals surface area contributed by atoms with Crippen molar-refractivity contribution in [2.45, 2.75) is 32.2 Å². The van der Waals surface area contributed by atoms with Crippen LogP contribution in [0.2, 0.25) is 0 Å². The first-order valence-corrected chi connectivity index (χ1v) is 6.97. The van der Waals surface area contributed by atoms with Gasteiger partial charge in [-0.2, -0.15) is 11.8 Å². The molecule has 92 valence electrons. The van der Waals surface area contributed by atoms with Crippen molar-refractivity contribution in [3.05, 3.63) is 0 Å². The van der Waals surface area contributed by atoms with E-state index in [2.05, 4.69) is 5.32 Å². The number of hydrogen-bond acceptors (Lipinski definition) is 3. The minimum absolute atomic E-state index is 0.0912. The molecule has 1 rings (SSSR count). The summed E-state index contributed by atoms with van der Waals surface area (Å²) in [4.78, 5) is 22.8.